The van der Waals surface area contributed by atoms with E-state index in [1.54, 1.807) is 6.07 Å². The second-order valence-electron chi connectivity index (χ2n) is 4.97. The zero-order valence-electron chi connectivity index (χ0n) is 11.4. The van der Waals surface area contributed by atoms with Crippen LogP contribution in [-0.2, 0) is 0 Å². The van der Waals surface area contributed by atoms with Gasteiger partial charge in [0.25, 0.3) is 11.6 Å². The van der Waals surface area contributed by atoms with Gasteiger partial charge in [0.05, 0.1) is 4.92 Å². The molecular formula is C13H18N4O3. The molecule has 0 unspecified atom stereocenters. The summed E-state index contributed by atoms with van der Waals surface area (Å²) in [5, 5.41) is 10.9. The molecule has 0 aromatic heterocycles. The minimum Gasteiger partial charge on any atom is -0.370 e. The fourth-order valence-electron chi connectivity index (χ4n) is 2.38. The molecule has 1 fully saturated rings. The van der Waals surface area contributed by atoms with E-state index in [1.165, 1.54) is 12.1 Å². The lowest BCUT2D eigenvalue weighted by atomic mass is 10.1. The summed E-state index contributed by atoms with van der Waals surface area (Å²) >= 11 is 0. The zero-order valence-corrected chi connectivity index (χ0v) is 11.4. The Hall–Kier alpha value is -2.15. The second-order valence-corrected chi connectivity index (χ2v) is 4.97. The molecule has 0 bridgehead atoms. The van der Waals surface area contributed by atoms with Gasteiger partial charge in [0.1, 0.15) is 5.56 Å². The Balaban J connectivity index is 2.31. The lowest BCUT2D eigenvalue weighted by Crippen LogP contribution is -2.29. The molecule has 1 aromatic carbocycles. The van der Waals surface area contributed by atoms with Gasteiger partial charge in [0.2, 0.25) is 0 Å². The predicted octanol–water partition coefficient (Wildman–Crippen LogP) is 0.836. The third-order valence-corrected chi connectivity index (χ3v) is 3.53. The van der Waals surface area contributed by atoms with Crippen molar-refractivity contribution in [1.29, 1.82) is 0 Å². The molecule has 2 rings (SSSR count). The summed E-state index contributed by atoms with van der Waals surface area (Å²) in [5.41, 5.74) is 5.76. The third kappa shape index (κ3) is 3.05. The highest BCUT2D eigenvalue weighted by molar-refractivity contribution is 5.98. The van der Waals surface area contributed by atoms with Crippen LogP contribution in [0.25, 0.3) is 0 Å². The van der Waals surface area contributed by atoms with Crippen molar-refractivity contribution in [3.8, 4) is 0 Å². The van der Waals surface area contributed by atoms with Crippen LogP contribution >= 0.6 is 0 Å². The standard InChI is InChI=1S/C13H18N4O3/c1-15-5-2-6-16(8-7-15)10-3-4-12(17(19)20)11(9-10)13(14)18/h3-4,9H,2,5-8H2,1H3,(H2,14,18). The maximum atomic E-state index is 11.4. The van der Waals surface area contributed by atoms with Crippen LogP contribution < -0.4 is 10.6 Å². The molecule has 0 saturated carbocycles. The number of nitrogens with zero attached hydrogens (tertiary/aromatic N) is 3. The van der Waals surface area contributed by atoms with Crippen LogP contribution in [0.2, 0.25) is 0 Å². The van der Waals surface area contributed by atoms with Gasteiger partial charge in [0.15, 0.2) is 0 Å². The first-order chi connectivity index (χ1) is 9.49. The molecule has 2 N–H and O–H groups in total. The van der Waals surface area contributed by atoms with E-state index in [0.717, 1.165) is 38.3 Å². The number of hydrogen-bond donors (Lipinski definition) is 1. The molecule has 0 radical (unpaired) electrons. The molecule has 1 aromatic rings. The van der Waals surface area contributed by atoms with Crippen molar-refractivity contribution in [2.75, 3.05) is 38.1 Å². The highest BCUT2D eigenvalue weighted by Crippen LogP contribution is 2.25. The minimum atomic E-state index is -0.773. The maximum absolute atomic E-state index is 11.4. The molecular weight excluding hydrogens is 260 g/mol. The van der Waals surface area contributed by atoms with Crippen LogP contribution in [0.4, 0.5) is 11.4 Å². The van der Waals surface area contributed by atoms with Gasteiger partial charge in [-0.15, -0.1) is 0 Å². The summed E-state index contributed by atoms with van der Waals surface area (Å²) < 4.78 is 0. The van der Waals surface area contributed by atoms with E-state index < -0.39 is 10.8 Å². The number of nitrogens with two attached hydrogens (primary N) is 1. The number of primary amides is 1. The van der Waals surface area contributed by atoms with E-state index in [2.05, 4.69) is 16.8 Å². The van der Waals surface area contributed by atoms with E-state index >= 15 is 0 Å². The quantitative estimate of drug-likeness (QED) is 0.653. The molecule has 7 nitrogen and oxygen atoms in total. The summed E-state index contributed by atoms with van der Waals surface area (Å²) in [6.45, 7) is 3.63. The SMILES string of the molecule is CN1CCCN(c2ccc([N+](=O)[O-])c(C(N)=O)c2)CC1. The molecule has 0 aliphatic carbocycles. The smallest absolute Gasteiger partial charge is 0.282 e. The van der Waals surface area contributed by atoms with E-state index in [-0.39, 0.29) is 11.3 Å². The first-order valence-corrected chi connectivity index (χ1v) is 6.51. The lowest BCUT2D eigenvalue weighted by Gasteiger charge is -2.23. The molecule has 1 aliphatic rings. The summed E-state index contributed by atoms with van der Waals surface area (Å²) in [7, 11) is 2.06. The van der Waals surface area contributed by atoms with Crippen molar-refractivity contribution < 1.29 is 9.72 Å². The summed E-state index contributed by atoms with van der Waals surface area (Å²) in [4.78, 5) is 26.0. The first-order valence-electron chi connectivity index (χ1n) is 6.51. The Morgan fingerprint density at radius 2 is 2.05 bits per heavy atom. The Bertz CT molecular complexity index is 532. The van der Waals surface area contributed by atoms with Gasteiger partial charge in [-0.25, -0.2) is 0 Å². The van der Waals surface area contributed by atoms with Crippen molar-refractivity contribution in [2.45, 2.75) is 6.42 Å². The minimum absolute atomic E-state index is 0.0369. The topological polar surface area (TPSA) is 92.7 Å². The number of likely N-dealkylation sites (N-methyl/N-ethyl adjacent to an activating group) is 1. The fourth-order valence-corrected chi connectivity index (χ4v) is 2.38. The van der Waals surface area contributed by atoms with Crippen LogP contribution in [0.3, 0.4) is 0 Å². The first kappa shape index (κ1) is 14.3. The molecule has 0 spiro atoms. The molecule has 1 heterocycles. The fraction of sp³-hybridized carbons (Fsp3) is 0.462. The average molecular weight is 278 g/mol. The number of carbonyl (C=O) groups is 1. The van der Waals surface area contributed by atoms with E-state index in [0.29, 0.717) is 0 Å². The number of carbonyl (C=O) groups excluding carboxylic acids is 1. The number of benzene rings is 1. The highest BCUT2D eigenvalue weighted by atomic mass is 16.6. The monoisotopic (exact) mass is 278 g/mol. The molecule has 108 valence electrons. The lowest BCUT2D eigenvalue weighted by molar-refractivity contribution is -0.385. The van der Waals surface area contributed by atoms with Crippen LogP contribution in [0.15, 0.2) is 18.2 Å². The van der Waals surface area contributed by atoms with E-state index in [4.69, 9.17) is 5.73 Å². The number of amides is 1. The number of hydrogen-bond acceptors (Lipinski definition) is 5. The van der Waals surface area contributed by atoms with Crippen LogP contribution in [0, 0.1) is 10.1 Å². The highest BCUT2D eigenvalue weighted by Gasteiger charge is 2.21. The van der Waals surface area contributed by atoms with Crippen molar-refractivity contribution in [3.05, 3.63) is 33.9 Å². The Kier molecular flexibility index (Phi) is 4.19. The summed E-state index contributed by atoms with van der Waals surface area (Å²) in [6.07, 6.45) is 1.01. The zero-order chi connectivity index (χ0) is 14.7. The van der Waals surface area contributed by atoms with E-state index in [9.17, 15) is 14.9 Å². The molecule has 0 atom stereocenters. The van der Waals surface area contributed by atoms with Gasteiger partial charge in [0, 0.05) is 31.4 Å². The molecule has 1 aliphatic heterocycles. The van der Waals surface area contributed by atoms with Crippen molar-refractivity contribution in [2.24, 2.45) is 5.73 Å². The molecule has 1 amide bonds. The number of anilines is 1. The van der Waals surface area contributed by atoms with Gasteiger partial charge in [-0.2, -0.15) is 0 Å². The number of nitro groups is 1. The molecule has 7 heteroatoms. The molecule has 1 saturated heterocycles. The van der Waals surface area contributed by atoms with Gasteiger partial charge in [-0.05, 0) is 32.1 Å². The van der Waals surface area contributed by atoms with Gasteiger partial charge >= 0.3 is 0 Å². The van der Waals surface area contributed by atoms with Gasteiger partial charge in [-0.3, -0.25) is 14.9 Å². The average Bonchev–Trinajstić information content (AvgIpc) is 2.62. The second kappa shape index (κ2) is 5.87. The predicted molar refractivity (Wildman–Crippen MR) is 75.9 cm³/mol. The van der Waals surface area contributed by atoms with Gasteiger partial charge in [-0.1, -0.05) is 0 Å². The summed E-state index contributed by atoms with van der Waals surface area (Å²) in [6, 6.07) is 4.55. The number of rotatable bonds is 3. The van der Waals surface area contributed by atoms with Crippen molar-refractivity contribution in [1.82, 2.24) is 4.90 Å². The Morgan fingerprint density at radius 3 is 2.70 bits per heavy atom. The van der Waals surface area contributed by atoms with Crippen LogP contribution in [0.5, 0.6) is 0 Å². The number of nitro benzene ring substituents is 1. The van der Waals surface area contributed by atoms with Crippen LogP contribution in [0.1, 0.15) is 16.8 Å². The Labute approximate surface area is 117 Å². The maximum Gasteiger partial charge on any atom is 0.282 e. The molecule has 20 heavy (non-hydrogen) atoms. The Morgan fingerprint density at radius 1 is 1.30 bits per heavy atom. The normalized spacial score (nSPS) is 16.8. The third-order valence-electron chi connectivity index (χ3n) is 3.53. The summed E-state index contributed by atoms with van der Waals surface area (Å²) in [5.74, 6) is -0.773. The van der Waals surface area contributed by atoms with Crippen molar-refractivity contribution in [3.63, 3.8) is 0 Å². The van der Waals surface area contributed by atoms with Gasteiger partial charge < -0.3 is 15.5 Å². The van der Waals surface area contributed by atoms with Crippen molar-refractivity contribution >= 4 is 17.3 Å². The van der Waals surface area contributed by atoms with Crippen LogP contribution in [-0.4, -0.2) is 49.0 Å². The van der Waals surface area contributed by atoms with E-state index in [1.807, 2.05) is 0 Å². The largest absolute Gasteiger partial charge is 0.370 e.